The van der Waals surface area contributed by atoms with Crippen LogP contribution in [0.4, 0.5) is 0 Å². The molecule has 1 heterocycles. The third-order valence-corrected chi connectivity index (χ3v) is 6.09. The third kappa shape index (κ3) is 6.09. The van der Waals surface area contributed by atoms with E-state index in [2.05, 4.69) is 0 Å². The molecular formula is C22H34ClN3O3. The number of hydrogen-bond donors (Lipinski definition) is 1. The molecule has 0 bridgehead atoms. The molecular weight excluding hydrogens is 390 g/mol. The molecule has 1 aliphatic heterocycles. The maximum Gasteiger partial charge on any atom is 0.242 e. The summed E-state index contributed by atoms with van der Waals surface area (Å²) in [4.78, 5) is 29.4. The third-order valence-electron chi connectivity index (χ3n) is 6.09. The number of aryl methyl sites for hydroxylation is 1. The van der Waals surface area contributed by atoms with Gasteiger partial charge in [0, 0.05) is 32.6 Å². The number of carbonyl (C=O) groups excluding carboxylic acids is 2. The van der Waals surface area contributed by atoms with Gasteiger partial charge >= 0.3 is 0 Å². The Morgan fingerprint density at radius 2 is 1.59 bits per heavy atom. The number of methoxy groups -OCH3 is 1. The van der Waals surface area contributed by atoms with Gasteiger partial charge in [0.15, 0.2) is 0 Å². The van der Waals surface area contributed by atoms with Crippen LogP contribution in [0.3, 0.4) is 0 Å². The largest absolute Gasteiger partial charge is 0.497 e. The normalized spacial score (nSPS) is 19.1. The summed E-state index contributed by atoms with van der Waals surface area (Å²) in [6.45, 7) is 2.60. The number of rotatable bonds is 5. The van der Waals surface area contributed by atoms with E-state index in [0.29, 0.717) is 39.0 Å². The highest BCUT2D eigenvalue weighted by Crippen LogP contribution is 2.28. The molecule has 0 unspecified atom stereocenters. The quantitative estimate of drug-likeness (QED) is 0.790. The van der Waals surface area contributed by atoms with E-state index in [1.807, 2.05) is 34.1 Å². The highest BCUT2D eigenvalue weighted by Gasteiger charge is 2.38. The van der Waals surface area contributed by atoms with E-state index in [-0.39, 0.29) is 24.2 Å². The fourth-order valence-corrected chi connectivity index (χ4v) is 4.28. The number of carbonyl (C=O) groups is 2. The molecule has 7 heteroatoms. The Morgan fingerprint density at radius 3 is 2.24 bits per heavy atom. The van der Waals surface area contributed by atoms with Crippen LogP contribution in [0.2, 0.25) is 0 Å². The van der Waals surface area contributed by atoms with Crippen molar-refractivity contribution in [3.05, 3.63) is 29.8 Å². The van der Waals surface area contributed by atoms with Crippen LogP contribution in [-0.2, 0) is 16.0 Å². The molecule has 1 aromatic carbocycles. The first-order valence-corrected chi connectivity index (χ1v) is 10.5. The summed E-state index contributed by atoms with van der Waals surface area (Å²) in [6, 6.07) is 7.84. The van der Waals surface area contributed by atoms with Crippen LogP contribution < -0.4 is 10.5 Å². The minimum absolute atomic E-state index is 0. The Morgan fingerprint density at radius 1 is 0.966 bits per heavy atom. The van der Waals surface area contributed by atoms with Gasteiger partial charge in [-0.1, -0.05) is 31.4 Å². The lowest BCUT2D eigenvalue weighted by Gasteiger charge is -2.36. The van der Waals surface area contributed by atoms with Crippen molar-refractivity contribution in [3.8, 4) is 5.75 Å². The molecule has 162 valence electrons. The summed E-state index contributed by atoms with van der Waals surface area (Å²) in [7, 11) is 1.65. The minimum Gasteiger partial charge on any atom is -0.497 e. The lowest BCUT2D eigenvalue weighted by atomic mass is 9.81. The summed E-state index contributed by atoms with van der Waals surface area (Å²) in [6.07, 6.45) is 6.82. The van der Waals surface area contributed by atoms with Crippen LogP contribution in [0.15, 0.2) is 24.3 Å². The molecule has 1 saturated carbocycles. The van der Waals surface area contributed by atoms with E-state index >= 15 is 0 Å². The fourth-order valence-electron chi connectivity index (χ4n) is 4.28. The second-order valence-electron chi connectivity index (χ2n) is 8.09. The molecule has 2 N–H and O–H groups in total. The highest BCUT2D eigenvalue weighted by atomic mass is 35.5. The Bertz CT molecular complexity index is 674. The molecule has 0 aromatic heterocycles. The van der Waals surface area contributed by atoms with Gasteiger partial charge in [0.05, 0.1) is 12.6 Å². The molecule has 0 atom stereocenters. The maximum absolute atomic E-state index is 13.0. The zero-order valence-electron chi connectivity index (χ0n) is 17.4. The van der Waals surface area contributed by atoms with Crippen LogP contribution in [0.25, 0.3) is 0 Å². The minimum atomic E-state index is -0.689. The van der Waals surface area contributed by atoms with E-state index in [1.54, 1.807) is 7.11 Å². The number of nitrogens with zero attached hydrogens (tertiary/aromatic N) is 2. The topological polar surface area (TPSA) is 75.9 Å². The molecule has 2 fully saturated rings. The van der Waals surface area contributed by atoms with Crippen molar-refractivity contribution in [1.29, 1.82) is 0 Å². The molecule has 2 aliphatic rings. The highest BCUT2D eigenvalue weighted by molar-refractivity contribution is 5.86. The average molecular weight is 424 g/mol. The maximum atomic E-state index is 13.0. The van der Waals surface area contributed by atoms with Gasteiger partial charge in [-0.05, 0) is 43.4 Å². The summed E-state index contributed by atoms with van der Waals surface area (Å²) >= 11 is 0. The van der Waals surface area contributed by atoms with Crippen molar-refractivity contribution in [2.45, 2.75) is 56.9 Å². The van der Waals surface area contributed by atoms with Gasteiger partial charge in [-0.3, -0.25) is 9.59 Å². The van der Waals surface area contributed by atoms with Gasteiger partial charge in [-0.2, -0.15) is 0 Å². The summed E-state index contributed by atoms with van der Waals surface area (Å²) < 4.78 is 5.17. The number of halogens is 1. The Hall–Kier alpha value is -1.79. The van der Waals surface area contributed by atoms with Crippen LogP contribution in [-0.4, -0.2) is 60.4 Å². The van der Waals surface area contributed by atoms with Crippen LogP contribution in [0.1, 0.15) is 50.5 Å². The second-order valence-corrected chi connectivity index (χ2v) is 8.09. The van der Waals surface area contributed by atoms with Crippen molar-refractivity contribution in [2.24, 2.45) is 5.73 Å². The van der Waals surface area contributed by atoms with Gasteiger partial charge in [0.1, 0.15) is 5.75 Å². The number of hydrogen-bond acceptors (Lipinski definition) is 4. The van der Waals surface area contributed by atoms with E-state index in [9.17, 15) is 9.59 Å². The predicted molar refractivity (Wildman–Crippen MR) is 116 cm³/mol. The van der Waals surface area contributed by atoms with Gasteiger partial charge in [-0.15, -0.1) is 12.4 Å². The fraction of sp³-hybridized carbons (Fsp3) is 0.636. The first-order valence-electron chi connectivity index (χ1n) is 10.5. The summed E-state index contributed by atoms with van der Waals surface area (Å²) in [5, 5.41) is 0. The molecule has 1 aromatic rings. The molecule has 6 nitrogen and oxygen atoms in total. The van der Waals surface area contributed by atoms with Crippen molar-refractivity contribution in [3.63, 3.8) is 0 Å². The van der Waals surface area contributed by atoms with Crippen molar-refractivity contribution >= 4 is 24.2 Å². The van der Waals surface area contributed by atoms with E-state index in [0.717, 1.165) is 43.4 Å². The van der Waals surface area contributed by atoms with E-state index in [1.165, 1.54) is 6.42 Å². The van der Waals surface area contributed by atoms with Crippen LogP contribution in [0, 0.1) is 0 Å². The molecule has 0 spiro atoms. The SMILES string of the molecule is COc1ccc(CCC(=O)N2CCCN(C(=O)C3(N)CCCCC3)CC2)cc1.Cl. The van der Waals surface area contributed by atoms with E-state index < -0.39 is 5.54 Å². The molecule has 3 rings (SSSR count). The van der Waals surface area contributed by atoms with Crippen molar-refractivity contribution in [2.75, 3.05) is 33.3 Å². The first kappa shape index (κ1) is 23.5. The smallest absolute Gasteiger partial charge is 0.242 e. The standard InChI is InChI=1S/C22H33N3O3.ClH/c1-28-19-9-6-18(7-10-19)8-11-20(26)24-14-5-15-25(17-16-24)21(27)22(23)12-3-2-4-13-22;/h6-7,9-10H,2-5,8,11-17,23H2,1H3;1H. The zero-order chi connectivity index (χ0) is 20.0. The molecule has 1 aliphatic carbocycles. The van der Waals surface area contributed by atoms with Crippen LogP contribution in [0.5, 0.6) is 5.75 Å². The lowest BCUT2D eigenvalue weighted by Crippen LogP contribution is -2.56. The molecule has 29 heavy (non-hydrogen) atoms. The van der Waals surface area contributed by atoms with Crippen molar-refractivity contribution < 1.29 is 14.3 Å². The Balaban J connectivity index is 0.00000300. The van der Waals surface area contributed by atoms with Gasteiger partial charge in [0.2, 0.25) is 11.8 Å². The number of nitrogens with two attached hydrogens (primary N) is 1. The van der Waals surface area contributed by atoms with Gasteiger partial charge in [0.25, 0.3) is 0 Å². The number of ether oxygens (including phenoxy) is 1. The van der Waals surface area contributed by atoms with E-state index in [4.69, 9.17) is 10.5 Å². The first-order chi connectivity index (χ1) is 13.5. The molecule has 1 saturated heterocycles. The molecule has 0 radical (unpaired) electrons. The van der Waals surface area contributed by atoms with Gasteiger partial charge in [-0.25, -0.2) is 0 Å². The van der Waals surface area contributed by atoms with Crippen molar-refractivity contribution in [1.82, 2.24) is 9.80 Å². The lowest BCUT2D eigenvalue weighted by molar-refractivity contribution is -0.138. The van der Waals surface area contributed by atoms with Gasteiger partial charge < -0.3 is 20.3 Å². The number of benzene rings is 1. The summed E-state index contributed by atoms with van der Waals surface area (Å²) in [5.41, 5.74) is 6.87. The zero-order valence-corrected chi connectivity index (χ0v) is 18.2. The Kier molecular flexibility index (Phi) is 8.78. The monoisotopic (exact) mass is 423 g/mol. The second kappa shape index (κ2) is 10.8. The number of amides is 2. The van der Waals surface area contributed by atoms with Crippen LogP contribution >= 0.6 is 12.4 Å². The summed E-state index contributed by atoms with van der Waals surface area (Å²) in [5.74, 6) is 1.06. The molecule has 2 amide bonds. The average Bonchev–Trinajstić information content (AvgIpc) is 2.98. The Labute approximate surface area is 180 Å². The predicted octanol–water partition coefficient (Wildman–Crippen LogP) is 2.77.